The minimum Gasteiger partial charge on any atom is -0.380 e. The molecule has 0 spiro atoms. The molecule has 0 N–H and O–H groups in total. The Morgan fingerprint density at radius 2 is 2.21 bits per heavy atom. The predicted molar refractivity (Wildman–Crippen MR) is 54.9 cm³/mol. The van der Waals surface area contributed by atoms with E-state index in [2.05, 4.69) is 20.4 Å². The van der Waals surface area contributed by atoms with Crippen LogP contribution in [0.15, 0.2) is 12.2 Å². The van der Waals surface area contributed by atoms with E-state index in [0.717, 1.165) is 19.1 Å². The van der Waals surface area contributed by atoms with Crippen molar-refractivity contribution in [3.05, 3.63) is 12.2 Å². The van der Waals surface area contributed by atoms with E-state index < -0.39 is 0 Å². The van der Waals surface area contributed by atoms with Crippen LogP contribution in [0.5, 0.6) is 0 Å². The summed E-state index contributed by atoms with van der Waals surface area (Å²) >= 11 is 0. The number of fused-ring (bicyclic) bond motifs is 2. The van der Waals surface area contributed by atoms with Gasteiger partial charge in [-0.2, -0.15) is 0 Å². The Bertz CT molecular complexity index is 293. The van der Waals surface area contributed by atoms with Crippen molar-refractivity contribution in [2.45, 2.75) is 32.8 Å². The van der Waals surface area contributed by atoms with Crippen molar-refractivity contribution >= 4 is 6.29 Å². The summed E-state index contributed by atoms with van der Waals surface area (Å²) in [6.45, 7) is 8.38. The first-order chi connectivity index (χ1) is 6.51. The van der Waals surface area contributed by atoms with E-state index in [0.29, 0.717) is 5.92 Å². The van der Waals surface area contributed by atoms with Gasteiger partial charge in [0.15, 0.2) is 0 Å². The van der Waals surface area contributed by atoms with E-state index in [4.69, 9.17) is 4.74 Å². The largest absolute Gasteiger partial charge is 0.380 e. The van der Waals surface area contributed by atoms with Gasteiger partial charge in [0.05, 0.1) is 11.5 Å². The van der Waals surface area contributed by atoms with Gasteiger partial charge in [-0.3, -0.25) is 0 Å². The summed E-state index contributed by atoms with van der Waals surface area (Å²) in [4.78, 5) is 11.4. The number of methoxy groups -OCH3 is 1. The molecule has 0 heterocycles. The van der Waals surface area contributed by atoms with Crippen LogP contribution in [0, 0.1) is 16.7 Å². The van der Waals surface area contributed by atoms with E-state index in [9.17, 15) is 4.79 Å². The maximum atomic E-state index is 11.4. The average molecular weight is 194 g/mol. The summed E-state index contributed by atoms with van der Waals surface area (Å²) in [5.41, 5.74) is 0.782. The molecule has 0 aromatic rings. The highest BCUT2D eigenvalue weighted by molar-refractivity contribution is 5.67. The second kappa shape index (κ2) is 2.69. The first kappa shape index (κ1) is 9.91. The molecule has 0 saturated heterocycles. The fourth-order valence-electron chi connectivity index (χ4n) is 3.48. The van der Waals surface area contributed by atoms with Crippen molar-refractivity contribution in [1.82, 2.24) is 0 Å². The molecule has 2 fully saturated rings. The third kappa shape index (κ3) is 0.789. The molecule has 2 bridgehead atoms. The van der Waals surface area contributed by atoms with Crippen LogP contribution >= 0.6 is 0 Å². The standard InChI is InChI=1S/C12H18O2/c1-8-9-5-6-12(7-13,10(9)14-4)11(8,2)3/h7,9-10H,1,5-6H2,2-4H3/t9-,10-,12+/m1/s1. The van der Waals surface area contributed by atoms with Gasteiger partial charge in [0.1, 0.15) is 6.29 Å². The summed E-state index contributed by atoms with van der Waals surface area (Å²) in [5.74, 6) is 0.389. The number of aldehydes is 1. The third-order valence-corrected chi connectivity index (χ3v) is 4.62. The van der Waals surface area contributed by atoms with Crippen LogP contribution in [0.2, 0.25) is 0 Å². The number of ether oxygens (including phenoxy) is 1. The van der Waals surface area contributed by atoms with E-state index in [1.165, 1.54) is 5.57 Å². The van der Waals surface area contributed by atoms with Crippen LogP contribution in [0.3, 0.4) is 0 Å². The van der Waals surface area contributed by atoms with E-state index >= 15 is 0 Å². The van der Waals surface area contributed by atoms with Crippen LogP contribution < -0.4 is 0 Å². The van der Waals surface area contributed by atoms with Gasteiger partial charge in [0.2, 0.25) is 0 Å². The third-order valence-electron chi connectivity index (χ3n) is 4.62. The molecule has 0 unspecified atom stereocenters. The fraction of sp³-hybridized carbons (Fsp3) is 0.750. The number of rotatable bonds is 2. The average Bonchev–Trinajstić information content (AvgIpc) is 2.60. The van der Waals surface area contributed by atoms with Gasteiger partial charge in [-0.25, -0.2) is 0 Å². The lowest BCUT2D eigenvalue weighted by atomic mass is 9.63. The minimum atomic E-state index is -0.316. The summed E-state index contributed by atoms with van der Waals surface area (Å²) in [6, 6.07) is 0. The highest BCUT2D eigenvalue weighted by atomic mass is 16.5. The first-order valence-electron chi connectivity index (χ1n) is 5.19. The molecule has 0 amide bonds. The second-order valence-electron chi connectivity index (χ2n) is 5.11. The normalized spacial score (nSPS) is 44.4. The predicted octanol–water partition coefficient (Wildman–Crippen LogP) is 2.19. The highest BCUT2D eigenvalue weighted by Gasteiger charge is 2.66. The van der Waals surface area contributed by atoms with Crippen LogP contribution in [0.1, 0.15) is 26.7 Å². The molecule has 3 atom stereocenters. The summed E-state index contributed by atoms with van der Waals surface area (Å²) in [7, 11) is 1.70. The smallest absolute Gasteiger partial charge is 0.129 e. The highest BCUT2D eigenvalue weighted by Crippen LogP contribution is 2.66. The Kier molecular flexibility index (Phi) is 1.91. The molecule has 0 aromatic heterocycles. The number of hydrogen-bond donors (Lipinski definition) is 0. The van der Waals surface area contributed by atoms with Crippen molar-refractivity contribution in [2.24, 2.45) is 16.7 Å². The molecule has 2 saturated carbocycles. The minimum absolute atomic E-state index is 0.0579. The summed E-state index contributed by atoms with van der Waals surface area (Å²) in [5, 5.41) is 0. The quantitative estimate of drug-likeness (QED) is 0.497. The van der Waals surface area contributed by atoms with Gasteiger partial charge in [0.25, 0.3) is 0 Å². The summed E-state index contributed by atoms with van der Waals surface area (Å²) in [6.07, 6.45) is 3.17. The van der Waals surface area contributed by atoms with Gasteiger partial charge < -0.3 is 9.53 Å². The molecule has 2 aliphatic rings. The lowest BCUT2D eigenvalue weighted by Gasteiger charge is -2.39. The first-order valence-corrected chi connectivity index (χ1v) is 5.19. The SMILES string of the molecule is C=C1[C@H]2CC[C@](C=O)([C@@H]2OC)C1(C)C. The number of carbonyl (C=O) groups is 1. The van der Waals surface area contributed by atoms with Gasteiger partial charge in [-0.05, 0) is 12.8 Å². The van der Waals surface area contributed by atoms with Crippen LogP contribution in [-0.4, -0.2) is 19.5 Å². The van der Waals surface area contributed by atoms with Gasteiger partial charge in [-0.1, -0.05) is 26.0 Å². The summed E-state index contributed by atoms with van der Waals surface area (Å²) < 4.78 is 5.51. The number of hydrogen-bond acceptors (Lipinski definition) is 2. The van der Waals surface area contributed by atoms with Crippen molar-refractivity contribution in [3.8, 4) is 0 Å². The van der Waals surface area contributed by atoms with Crippen molar-refractivity contribution in [3.63, 3.8) is 0 Å². The Hall–Kier alpha value is -0.630. The molecule has 0 radical (unpaired) electrons. The maximum absolute atomic E-state index is 11.4. The molecule has 78 valence electrons. The topological polar surface area (TPSA) is 26.3 Å². The molecule has 0 aliphatic heterocycles. The molecular formula is C12H18O2. The zero-order valence-electron chi connectivity index (χ0n) is 9.17. The zero-order chi connectivity index (χ0) is 10.6. The molecule has 2 nitrogen and oxygen atoms in total. The Labute approximate surface area is 85.3 Å². The lowest BCUT2D eigenvalue weighted by Crippen LogP contribution is -2.41. The molecule has 2 heteroatoms. The maximum Gasteiger partial charge on any atom is 0.129 e. The van der Waals surface area contributed by atoms with Gasteiger partial charge in [-0.15, -0.1) is 0 Å². The molecule has 14 heavy (non-hydrogen) atoms. The van der Waals surface area contributed by atoms with Crippen LogP contribution in [-0.2, 0) is 9.53 Å². The zero-order valence-corrected chi connectivity index (χ0v) is 9.17. The van der Waals surface area contributed by atoms with Gasteiger partial charge in [0, 0.05) is 18.4 Å². The van der Waals surface area contributed by atoms with Crippen LogP contribution in [0.25, 0.3) is 0 Å². The van der Waals surface area contributed by atoms with E-state index in [1.807, 2.05) is 0 Å². The molecule has 2 aliphatic carbocycles. The van der Waals surface area contributed by atoms with Crippen LogP contribution in [0.4, 0.5) is 0 Å². The molecule has 2 rings (SSSR count). The van der Waals surface area contributed by atoms with Gasteiger partial charge >= 0.3 is 0 Å². The van der Waals surface area contributed by atoms with Crippen molar-refractivity contribution in [1.29, 1.82) is 0 Å². The molecule has 0 aromatic carbocycles. The Balaban J connectivity index is 2.52. The Morgan fingerprint density at radius 3 is 2.64 bits per heavy atom. The Morgan fingerprint density at radius 1 is 1.57 bits per heavy atom. The van der Waals surface area contributed by atoms with E-state index in [-0.39, 0.29) is 16.9 Å². The fourth-order valence-corrected chi connectivity index (χ4v) is 3.48. The van der Waals surface area contributed by atoms with E-state index in [1.54, 1.807) is 7.11 Å². The molecular weight excluding hydrogens is 176 g/mol. The lowest BCUT2D eigenvalue weighted by molar-refractivity contribution is -0.127. The second-order valence-corrected chi connectivity index (χ2v) is 5.11. The van der Waals surface area contributed by atoms with Crippen molar-refractivity contribution in [2.75, 3.05) is 7.11 Å². The van der Waals surface area contributed by atoms with Crippen molar-refractivity contribution < 1.29 is 9.53 Å². The number of carbonyl (C=O) groups excluding carboxylic acids is 1. The monoisotopic (exact) mass is 194 g/mol.